The first-order chi connectivity index (χ1) is 25.8. The van der Waals surface area contributed by atoms with Gasteiger partial charge in [-0.25, -0.2) is 4.57 Å². The van der Waals surface area contributed by atoms with E-state index in [2.05, 4.69) is 29.6 Å². The van der Waals surface area contributed by atoms with Gasteiger partial charge >= 0.3 is 7.82 Å². The van der Waals surface area contributed by atoms with Crippen LogP contribution in [0.4, 0.5) is 5.69 Å². The van der Waals surface area contributed by atoms with Gasteiger partial charge < -0.3 is 23.8 Å². The van der Waals surface area contributed by atoms with Gasteiger partial charge in [0, 0.05) is 68.0 Å². The molecule has 3 heterocycles. The molecule has 54 heavy (non-hydrogen) atoms. The predicted octanol–water partition coefficient (Wildman–Crippen LogP) is 6.46. The standard InChI is InChI=1S/C42H43N4O7P/c1-27-20-30-12-8-9-13-32(30)26-46(27)42(49)38-23-33-25-45(40(47)21-29-10-6-5-7-11-29)19-18-31(33)22-37(38)39-24-36(28(2)43(39)3)41(48)44(4)34-14-16-35(17-15-34)53-54(50,51)52/h5-17,22-24,27H,18-21,25-26H2,1-4H3,(H2,50,51,52)/t27-/m1/s1. The van der Waals surface area contributed by atoms with Crippen LogP contribution in [-0.4, -0.2) is 61.5 Å². The molecule has 0 bridgehead atoms. The highest BCUT2D eigenvalue weighted by atomic mass is 31.2. The highest BCUT2D eigenvalue weighted by molar-refractivity contribution is 7.46. The van der Waals surface area contributed by atoms with Gasteiger partial charge in [-0.05, 0) is 97.0 Å². The summed E-state index contributed by atoms with van der Waals surface area (Å²) >= 11 is 0. The summed E-state index contributed by atoms with van der Waals surface area (Å²) in [6.07, 6.45) is 1.68. The number of amides is 3. The monoisotopic (exact) mass is 746 g/mol. The summed E-state index contributed by atoms with van der Waals surface area (Å²) < 4.78 is 17.9. The largest absolute Gasteiger partial charge is 0.524 e. The Morgan fingerprint density at radius 1 is 0.852 bits per heavy atom. The Labute approximate surface area is 314 Å². The van der Waals surface area contributed by atoms with Crippen LogP contribution in [0.25, 0.3) is 11.3 Å². The molecule has 1 atom stereocenters. The van der Waals surface area contributed by atoms with Gasteiger partial charge in [0.1, 0.15) is 5.75 Å². The van der Waals surface area contributed by atoms with Crippen LogP contribution >= 0.6 is 7.82 Å². The Morgan fingerprint density at radius 3 is 2.24 bits per heavy atom. The number of rotatable bonds is 8. The second kappa shape index (κ2) is 14.7. The minimum absolute atomic E-state index is 0.0223. The third-order valence-electron chi connectivity index (χ3n) is 10.7. The minimum Gasteiger partial charge on any atom is -0.404 e. The van der Waals surface area contributed by atoms with Crippen LogP contribution < -0.4 is 9.42 Å². The topological polar surface area (TPSA) is 133 Å². The number of phosphoric ester groups is 1. The molecule has 278 valence electrons. The molecule has 5 aromatic rings. The molecule has 0 unspecified atom stereocenters. The number of hydrogen-bond acceptors (Lipinski definition) is 5. The van der Waals surface area contributed by atoms with Crippen molar-refractivity contribution in [2.24, 2.45) is 7.05 Å². The van der Waals surface area contributed by atoms with Crippen molar-refractivity contribution in [3.05, 3.63) is 142 Å². The van der Waals surface area contributed by atoms with Crippen molar-refractivity contribution in [1.29, 1.82) is 0 Å². The fraction of sp³-hybridized carbons (Fsp3) is 0.262. The number of aromatic nitrogens is 1. The first-order valence-electron chi connectivity index (χ1n) is 17.9. The average molecular weight is 747 g/mol. The summed E-state index contributed by atoms with van der Waals surface area (Å²) in [4.78, 5) is 65.8. The van der Waals surface area contributed by atoms with E-state index in [1.54, 1.807) is 19.2 Å². The van der Waals surface area contributed by atoms with E-state index in [1.165, 1.54) is 22.6 Å². The maximum absolute atomic E-state index is 14.8. The number of phosphoric acid groups is 1. The van der Waals surface area contributed by atoms with Crippen molar-refractivity contribution >= 4 is 31.2 Å². The summed E-state index contributed by atoms with van der Waals surface area (Å²) in [6.45, 7) is 5.37. The normalized spacial score (nSPS) is 15.3. The number of fused-ring (bicyclic) bond motifs is 2. The fourth-order valence-electron chi connectivity index (χ4n) is 7.54. The molecule has 0 radical (unpaired) electrons. The number of carbonyl (C=O) groups is 3. The summed E-state index contributed by atoms with van der Waals surface area (Å²) in [5, 5.41) is 0. The number of benzene rings is 4. The van der Waals surface area contributed by atoms with Gasteiger partial charge in [-0.2, -0.15) is 0 Å². The van der Waals surface area contributed by atoms with Crippen molar-refractivity contribution in [3.8, 4) is 17.0 Å². The van der Waals surface area contributed by atoms with E-state index < -0.39 is 7.82 Å². The smallest absolute Gasteiger partial charge is 0.404 e. The molecule has 12 heteroatoms. The number of nitrogens with zero attached hydrogens (tertiary/aromatic N) is 4. The van der Waals surface area contributed by atoms with Crippen LogP contribution in [0.1, 0.15) is 61.2 Å². The molecule has 1 aromatic heterocycles. The predicted molar refractivity (Wildman–Crippen MR) is 206 cm³/mol. The molecular weight excluding hydrogens is 703 g/mol. The zero-order chi connectivity index (χ0) is 38.3. The van der Waals surface area contributed by atoms with Crippen molar-refractivity contribution in [2.45, 2.75) is 52.2 Å². The number of anilines is 1. The fourth-order valence-corrected chi connectivity index (χ4v) is 7.94. The van der Waals surface area contributed by atoms with E-state index in [-0.39, 0.29) is 29.5 Å². The molecule has 0 spiro atoms. The van der Waals surface area contributed by atoms with Gasteiger partial charge in [-0.3, -0.25) is 24.2 Å². The van der Waals surface area contributed by atoms with Gasteiger partial charge in [-0.1, -0.05) is 54.6 Å². The summed E-state index contributed by atoms with van der Waals surface area (Å²) in [5.74, 6) is -0.382. The van der Waals surface area contributed by atoms with Crippen LogP contribution in [0.2, 0.25) is 0 Å². The van der Waals surface area contributed by atoms with E-state index in [1.807, 2.05) is 82.9 Å². The highest BCUT2D eigenvalue weighted by Crippen LogP contribution is 2.39. The van der Waals surface area contributed by atoms with Crippen molar-refractivity contribution < 1.29 is 33.3 Å². The van der Waals surface area contributed by atoms with Crippen molar-refractivity contribution in [1.82, 2.24) is 14.4 Å². The van der Waals surface area contributed by atoms with Crippen molar-refractivity contribution in [2.75, 3.05) is 18.5 Å². The Hall–Kier alpha value is -5.48. The summed E-state index contributed by atoms with van der Waals surface area (Å²) in [7, 11) is -1.22. The second-order valence-corrected chi connectivity index (χ2v) is 15.3. The number of carbonyl (C=O) groups excluding carboxylic acids is 3. The van der Waals surface area contributed by atoms with Gasteiger partial charge in [0.25, 0.3) is 11.8 Å². The zero-order valence-corrected chi connectivity index (χ0v) is 31.6. The lowest BCUT2D eigenvalue weighted by Crippen LogP contribution is -2.43. The van der Waals surface area contributed by atoms with Crippen LogP contribution in [-0.2, 0) is 48.8 Å². The molecule has 0 saturated carbocycles. The van der Waals surface area contributed by atoms with Crippen LogP contribution in [0.15, 0.2) is 97.1 Å². The lowest BCUT2D eigenvalue weighted by Gasteiger charge is -2.36. The SMILES string of the molecule is Cc1c(C(=O)N(C)c2ccc(OP(=O)(O)O)cc2)cc(-c2cc3c(cc2C(=O)N2Cc4ccccc4C[C@H]2C)CN(C(=O)Cc2ccccc2)CC3)n1C. The molecule has 7 rings (SSSR count). The maximum Gasteiger partial charge on any atom is 0.524 e. The molecule has 11 nitrogen and oxygen atoms in total. The maximum atomic E-state index is 14.8. The molecular formula is C42H43N4O7P. The molecule has 0 fully saturated rings. The third-order valence-corrected chi connectivity index (χ3v) is 11.1. The van der Waals surface area contributed by atoms with Gasteiger partial charge in [0.05, 0.1) is 12.0 Å². The number of hydrogen-bond donors (Lipinski definition) is 2. The highest BCUT2D eigenvalue weighted by Gasteiger charge is 2.32. The van der Waals surface area contributed by atoms with E-state index in [9.17, 15) is 18.9 Å². The molecule has 2 aliphatic heterocycles. The van der Waals surface area contributed by atoms with E-state index in [4.69, 9.17) is 9.79 Å². The average Bonchev–Trinajstić information content (AvgIpc) is 3.45. The third kappa shape index (κ3) is 7.48. The molecule has 3 amide bonds. The first kappa shape index (κ1) is 36.9. The molecule has 2 N–H and O–H groups in total. The van der Waals surface area contributed by atoms with E-state index in [0.29, 0.717) is 60.7 Å². The molecule has 0 saturated heterocycles. The van der Waals surface area contributed by atoms with Crippen LogP contribution in [0.3, 0.4) is 0 Å². The van der Waals surface area contributed by atoms with E-state index >= 15 is 0 Å². The lowest BCUT2D eigenvalue weighted by molar-refractivity contribution is -0.131. The van der Waals surface area contributed by atoms with Gasteiger partial charge in [0.2, 0.25) is 5.91 Å². The Balaban J connectivity index is 1.24. The Kier molecular flexibility index (Phi) is 10.1. The first-order valence-corrected chi connectivity index (χ1v) is 19.5. The summed E-state index contributed by atoms with van der Waals surface area (Å²) in [6, 6.07) is 29.6. The Morgan fingerprint density at radius 2 is 1.54 bits per heavy atom. The minimum atomic E-state index is -4.73. The quantitative estimate of drug-likeness (QED) is 0.174. The van der Waals surface area contributed by atoms with Crippen LogP contribution in [0.5, 0.6) is 5.75 Å². The lowest BCUT2D eigenvalue weighted by atomic mass is 9.89. The summed E-state index contributed by atoms with van der Waals surface area (Å²) in [5.41, 5.74) is 8.92. The molecule has 4 aromatic carbocycles. The molecule has 0 aliphatic carbocycles. The Bertz CT molecular complexity index is 2300. The molecule has 2 aliphatic rings. The second-order valence-electron chi connectivity index (χ2n) is 14.2. The zero-order valence-electron chi connectivity index (χ0n) is 30.7. The van der Waals surface area contributed by atoms with Gasteiger partial charge in [0.15, 0.2) is 0 Å². The van der Waals surface area contributed by atoms with Crippen LogP contribution in [0, 0.1) is 6.92 Å². The van der Waals surface area contributed by atoms with Crippen molar-refractivity contribution in [3.63, 3.8) is 0 Å². The van der Waals surface area contributed by atoms with Gasteiger partial charge in [-0.15, -0.1) is 0 Å². The van der Waals surface area contributed by atoms with E-state index in [0.717, 1.165) is 34.2 Å².